The number of rotatable bonds is 7. The summed E-state index contributed by atoms with van der Waals surface area (Å²) in [6, 6.07) is 4.56. The average molecular weight is 532 g/mol. The zero-order valence-electron chi connectivity index (χ0n) is 19.7. The summed E-state index contributed by atoms with van der Waals surface area (Å²) in [6.45, 7) is 5.49. The van der Waals surface area contributed by atoms with Crippen LogP contribution >= 0.6 is 11.8 Å². The van der Waals surface area contributed by atoms with Crippen molar-refractivity contribution >= 4 is 33.9 Å². The van der Waals surface area contributed by atoms with E-state index in [-0.39, 0.29) is 47.8 Å². The highest BCUT2D eigenvalue weighted by Crippen LogP contribution is 2.30. The Bertz CT molecular complexity index is 1190. The molecule has 0 spiro atoms. The Hall–Kier alpha value is -2.71. The molecule has 2 aromatic rings. The van der Waals surface area contributed by atoms with Gasteiger partial charge in [-0.2, -0.15) is 17.7 Å². The fraction of sp³-hybridized carbons (Fsp3) is 0.476. The topological polar surface area (TPSA) is 125 Å². The monoisotopic (exact) mass is 531 g/mol. The Kier molecular flexibility index (Phi) is 8.07. The van der Waals surface area contributed by atoms with E-state index in [0.717, 1.165) is 17.8 Å². The smallest absolute Gasteiger partial charge is 0.407 e. The lowest BCUT2D eigenvalue weighted by Gasteiger charge is -2.45. The van der Waals surface area contributed by atoms with Gasteiger partial charge in [-0.3, -0.25) is 4.72 Å². The number of methoxy groups -OCH3 is 1. The summed E-state index contributed by atoms with van der Waals surface area (Å²) < 4.78 is 62.4. The van der Waals surface area contributed by atoms with E-state index in [1.54, 1.807) is 0 Å². The molecule has 10 nitrogen and oxygen atoms in total. The molecule has 1 aliphatic heterocycles. The summed E-state index contributed by atoms with van der Waals surface area (Å²) in [5.41, 5.74) is -0.395. The van der Waals surface area contributed by atoms with E-state index in [1.165, 1.54) is 34.5 Å². The molecule has 2 heterocycles. The van der Waals surface area contributed by atoms with Crippen LogP contribution in [-0.2, 0) is 16.0 Å². The van der Waals surface area contributed by atoms with E-state index in [9.17, 15) is 27.1 Å². The third kappa shape index (κ3) is 6.49. The van der Waals surface area contributed by atoms with E-state index < -0.39 is 39.4 Å². The Labute approximate surface area is 206 Å². The number of carbonyl (C=O) groups is 1. The minimum Gasteiger partial charge on any atom is -0.481 e. The molecule has 1 aromatic carbocycles. The molecule has 14 heteroatoms. The van der Waals surface area contributed by atoms with Gasteiger partial charge < -0.3 is 14.7 Å². The van der Waals surface area contributed by atoms with Crippen molar-refractivity contribution in [2.75, 3.05) is 31.5 Å². The highest BCUT2D eigenvalue weighted by atomic mass is 32.2. The molecule has 35 heavy (non-hydrogen) atoms. The van der Waals surface area contributed by atoms with Crippen LogP contribution in [0.1, 0.15) is 26.3 Å². The predicted molar refractivity (Wildman–Crippen MR) is 127 cm³/mol. The molecule has 1 fully saturated rings. The first-order valence-corrected chi connectivity index (χ1v) is 13.0. The van der Waals surface area contributed by atoms with Crippen LogP contribution in [0.4, 0.5) is 19.4 Å². The SMILES string of the molecule is COc1cc(NS(=O)(=O)N2CCN(C(=O)O)C(C(C)(C)C)C2)nc(SCc2cccc(F)c2F)n1. The van der Waals surface area contributed by atoms with E-state index in [2.05, 4.69) is 14.7 Å². The molecule has 1 unspecified atom stereocenters. The Morgan fingerprint density at radius 1 is 1.29 bits per heavy atom. The van der Waals surface area contributed by atoms with Gasteiger partial charge in [0.05, 0.1) is 13.2 Å². The number of amides is 1. The third-order valence-corrected chi connectivity index (χ3v) is 7.82. The number of nitrogens with one attached hydrogen (secondary N) is 1. The highest BCUT2D eigenvalue weighted by molar-refractivity contribution is 7.98. The maximum Gasteiger partial charge on any atom is 0.407 e. The normalized spacial score (nSPS) is 17.3. The Morgan fingerprint density at radius 2 is 2.00 bits per heavy atom. The van der Waals surface area contributed by atoms with Crippen molar-refractivity contribution in [3.63, 3.8) is 0 Å². The van der Waals surface area contributed by atoms with Crippen molar-refractivity contribution in [3.05, 3.63) is 41.5 Å². The summed E-state index contributed by atoms with van der Waals surface area (Å²) >= 11 is 0.980. The lowest BCUT2D eigenvalue weighted by Crippen LogP contribution is -2.61. The number of anilines is 1. The predicted octanol–water partition coefficient (Wildman–Crippen LogP) is 3.42. The molecule has 192 valence electrons. The van der Waals surface area contributed by atoms with Gasteiger partial charge in [-0.25, -0.2) is 18.6 Å². The number of ether oxygens (including phenoxy) is 1. The zero-order valence-corrected chi connectivity index (χ0v) is 21.3. The number of piperazine rings is 1. The van der Waals surface area contributed by atoms with Crippen LogP contribution in [0, 0.1) is 17.0 Å². The number of carboxylic acid groups (broad SMARTS) is 1. The molecule has 1 amide bonds. The van der Waals surface area contributed by atoms with Gasteiger partial charge in [0.2, 0.25) is 5.88 Å². The molecule has 1 saturated heterocycles. The van der Waals surface area contributed by atoms with Crippen LogP contribution in [0.25, 0.3) is 0 Å². The number of hydrogen-bond acceptors (Lipinski definition) is 7. The molecular weight excluding hydrogens is 504 g/mol. The van der Waals surface area contributed by atoms with Crippen molar-refractivity contribution in [1.29, 1.82) is 0 Å². The van der Waals surface area contributed by atoms with Gasteiger partial charge in [0.15, 0.2) is 16.8 Å². The summed E-state index contributed by atoms with van der Waals surface area (Å²) in [7, 11) is -2.75. The number of aromatic nitrogens is 2. The first-order chi connectivity index (χ1) is 16.3. The molecule has 2 N–H and O–H groups in total. The first-order valence-electron chi connectivity index (χ1n) is 10.6. The summed E-state index contributed by atoms with van der Waals surface area (Å²) in [5, 5.41) is 9.61. The second-order valence-corrected chi connectivity index (χ2v) is 11.5. The van der Waals surface area contributed by atoms with Crippen LogP contribution in [0.5, 0.6) is 5.88 Å². The molecular formula is C21H27F2N5O5S2. The van der Waals surface area contributed by atoms with Gasteiger partial charge in [0.1, 0.15) is 5.82 Å². The minimum absolute atomic E-state index is 0.00730. The number of halogens is 2. The molecule has 0 saturated carbocycles. The fourth-order valence-corrected chi connectivity index (χ4v) is 5.55. The van der Waals surface area contributed by atoms with E-state index >= 15 is 0 Å². The van der Waals surface area contributed by atoms with Crippen LogP contribution < -0.4 is 9.46 Å². The first kappa shape index (κ1) is 26.9. The van der Waals surface area contributed by atoms with E-state index in [1.807, 2.05) is 20.8 Å². The molecule has 1 aliphatic rings. The molecule has 0 radical (unpaired) electrons. The van der Waals surface area contributed by atoms with Crippen LogP contribution in [0.3, 0.4) is 0 Å². The molecule has 1 atom stereocenters. The van der Waals surface area contributed by atoms with Crippen molar-refractivity contribution < 1.29 is 31.8 Å². The maximum absolute atomic E-state index is 14.0. The highest BCUT2D eigenvalue weighted by Gasteiger charge is 2.41. The third-order valence-electron chi connectivity index (χ3n) is 5.44. The van der Waals surface area contributed by atoms with Crippen molar-refractivity contribution in [2.24, 2.45) is 5.41 Å². The van der Waals surface area contributed by atoms with Gasteiger partial charge in [0.25, 0.3) is 0 Å². The van der Waals surface area contributed by atoms with E-state index in [4.69, 9.17) is 4.74 Å². The summed E-state index contributed by atoms with van der Waals surface area (Å²) in [4.78, 5) is 21.2. The number of benzene rings is 1. The Morgan fingerprint density at radius 3 is 2.63 bits per heavy atom. The van der Waals surface area contributed by atoms with Crippen LogP contribution in [-0.4, -0.2) is 71.6 Å². The fourth-order valence-electron chi connectivity index (χ4n) is 3.57. The second kappa shape index (κ2) is 10.5. The standard InChI is InChI=1S/C21H27F2N5O5S2/c1-21(2,3)15-11-27(8-9-28(15)20(29)30)35(31,32)26-16-10-17(33-4)25-19(24-16)34-12-13-6-5-7-14(22)18(13)23/h5-7,10,15H,8-9,11-12H2,1-4H3,(H,29,30)(H,24,25,26). The van der Waals surface area contributed by atoms with Gasteiger partial charge in [-0.15, -0.1) is 0 Å². The van der Waals surface area contributed by atoms with Gasteiger partial charge >= 0.3 is 16.3 Å². The number of thioether (sulfide) groups is 1. The minimum atomic E-state index is -4.10. The lowest BCUT2D eigenvalue weighted by molar-refractivity contribution is 0.0460. The van der Waals surface area contributed by atoms with Crippen molar-refractivity contribution in [1.82, 2.24) is 19.2 Å². The average Bonchev–Trinajstić information content (AvgIpc) is 2.78. The molecule has 3 rings (SSSR count). The van der Waals surface area contributed by atoms with Crippen molar-refractivity contribution in [2.45, 2.75) is 37.7 Å². The van der Waals surface area contributed by atoms with E-state index in [0.29, 0.717) is 0 Å². The van der Waals surface area contributed by atoms with Gasteiger partial charge in [0, 0.05) is 37.0 Å². The maximum atomic E-state index is 14.0. The Balaban J connectivity index is 1.79. The summed E-state index contributed by atoms with van der Waals surface area (Å²) in [6.07, 6.45) is -1.10. The quantitative estimate of drug-likeness (QED) is 0.411. The second-order valence-electron chi connectivity index (χ2n) is 8.90. The molecule has 0 aliphatic carbocycles. The van der Waals surface area contributed by atoms with Crippen LogP contribution in [0.2, 0.25) is 0 Å². The number of nitrogens with zero attached hydrogens (tertiary/aromatic N) is 4. The zero-order chi connectivity index (χ0) is 26.0. The van der Waals surface area contributed by atoms with Crippen molar-refractivity contribution in [3.8, 4) is 5.88 Å². The largest absolute Gasteiger partial charge is 0.481 e. The molecule has 1 aromatic heterocycles. The van der Waals surface area contributed by atoms with Gasteiger partial charge in [-0.1, -0.05) is 44.7 Å². The lowest BCUT2D eigenvalue weighted by atomic mass is 9.85. The van der Waals surface area contributed by atoms with Gasteiger partial charge in [-0.05, 0) is 11.5 Å². The molecule has 0 bridgehead atoms. The number of hydrogen-bond donors (Lipinski definition) is 2. The van der Waals surface area contributed by atoms with Crippen LogP contribution in [0.15, 0.2) is 29.4 Å². The summed E-state index contributed by atoms with van der Waals surface area (Å²) in [5.74, 6) is -1.94.